The molecule has 0 radical (unpaired) electrons. The Balaban J connectivity index is 1.51. The number of hydrogen-bond donors (Lipinski definition) is 7. The number of ether oxygens (including phenoxy) is 3. The minimum absolute atomic E-state index is 0.0131. The maximum atomic E-state index is 14.6. The topological polar surface area (TPSA) is 232 Å². The molecule has 0 bridgehead atoms. The summed E-state index contributed by atoms with van der Waals surface area (Å²) in [4.78, 5) is 41.0. The number of benzene rings is 4. The summed E-state index contributed by atoms with van der Waals surface area (Å²) in [7, 11) is 0. The first-order valence-electron chi connectivity index (χ1n) is 17.0. The quantitative estimate of drug-likeness (QED) is 0.0476. The molecule has 5 atom stereocenters. The van der Waals surface area contributed by atoms with Crippen molar-refractivity contribution >= 4 is 29.7 Å². The molecule has 1 heterocycles. The second kappa shape index (κ2) is 15.4. The lowest BCUT2D eigenvalue weighted by molar-refractivity contribution is -0.268. The summed E-state index contributed by atoms with van der Waals surface area (Å²) in [5.41, 5.74) is 14.1. The number of phenolic OH excluding ortho intramolecular Hbond substituents is 1. The van der Waals surface area contributed by atoms with E-state index >= 15 is 0 Å². The summed E-state index contributed by atoms with van der Waals surface area (Å²) in [6, 6.07) is 18.2. The smallest absolute Gasteiger partial charge is 0.308 e. The maximum Gasteiger partial charge on any atom is 0.308 e. The molecular weight excluding hydrogens is 684 g/mol. The van der Waals surface area contributed by atoms with Crippen LogP contribution >= 0.6 is 0 Å². The van der Waals surface area contributed by atoms with Crippen LogP contribution in [0.4, 0.5) is 0 Å². The molecule has 276 valence electrons. The van der Waals surface area contributed by atoms with E-state index in [1.807, 2.05) is 12.1 Å². The molecule has 53 heavy (non-hydrogen) atoms. The van der Waals surface area contributed by atoms with Crippen LogP contribution in [0.2, 0.25) is 0 Å². The van der Waals surface area contributed by atoms with Gasteiger partial charge in [0.2, 0.25) is 6.29 Å². The van der Waals surface area contributed by atoms with Crippen molar-refractivity contribution in [3.05, 3.63) is 122 Å². The molecule has 0 unspecified atom stereocenters. The molecule has 4 aromatic carbocycles. The van der Waals surface area contributed by atoms with Crippen molar-refractivity contribution in [1.29, 1.82) is 0 Å². The number of hydrogen-bond acceptors (Lipinski definition) is 13. The summed E-state index contributed by atoms with van der Waals surface area (Å²) in [6.07, 6.45) is -4.53. The van der Waals surface area contributed by atoms with Crippen molar-refractivity contribution in [2.45, 2.75) is 63.6 Å². The van der Waals surface area contributed by atoms with Gasteiger partial charge >= 0.3 is 5.97 Å². The highest BCUT2D eigenvalue weighted by Gasteiger charge is 2.44. The summed E-state index contributed by atoms with van der Waals surface area (Å²) in [5.74, 6) is -2.75. The van der Waals surface area contributed by atoms with E-state index in [1.54, 1.807) is 48.6 Å². The van der Waals surface area contributed by atoms with Crippen molar-refractivity contribution in [3.8, 4) is 17.2 Å². The SMILES string of the molecule is CC(=O)Oc1ccc2c(c1C=Cc1cccc(CCO)c1)C(=O)c1cc(O[C@H]3O[C@H](C)[C@@H](O)[C@@H](O)[C@H]3O)c(Cc3cccc(C(N)N)c3)c(O)c1C2=O. The Hall–Kier alpha value is -5.25. The van der Waals surface area contributed by atoms with Gasteiger partial charge in [0.1, 0.15) is 35.6 Å². The number of aromatic hydroxyl groups is 1. The predicted octanol–water partition coefficient (Wildman–Crippen LogP) is 2.51. The van der Waals surface area contributed by atoms with Gasteiger partial charge < -0.3 is 51.2 Å². The molecule has 1 fully saturated rings. The van der Waals surface area contributed by atoms with Gasteiger partial charge in [0.05, 0.1) is 17.8 Å². The molecule has 9 N–H and O–H groups in total. The van der Waals surface area contributed by atoms with Crippen LogP contribution in [0.15, 0.2) is 66.7 Å². The van der Waals surface area contributed by atoms with E-state index in [9.17, 15) is 39.9 Å². The predicted molar refractivity (Wildman–Crippen MR) is 192 cm³/mol. The number of aliphatic hydroxyl groups excluding tert-OH is 4. The number of carbonyl (C=O) groups excluding carboxylic acids is 3. The lowest BCUT2D eigenvalue weighted by Gasteiger charge is -2.39. The highest BCUT2D eigenvalue weighted by atomic mass is 16.7. The lowest BCUT2D eigenvalue weighted by atomic mass is 9.79. The van der Waals surface area contributed by atoms with Crippen LogP contribution in [0.5, 0.6) is 17.2 Å². The van der Waals surface area contributed by atoms with Gasteiger partial charge in [-0.25, -0.2) is 0 Å². The van der Waals surface area contributed by atoms with E-state index in [2.05, 4.69) is 0 Å². The van der Waals surface area contributed by atoms with Crippen LogP contribution in [0, 0.1) is 0 Å². The number of carbonyl (C=O) groups is 3. The van der Waals surface area contributed by atoms with Gasteiger partial charge in [0.25, 0.3) is 0 Å². The van der Waals surface area contributed by atoms with E-state index in [-0.39, 0.29) is 57.9 Å². The molecule has 6 rings (SSSR count). The molecule has 1 saturated heterocycles. The summed E-state index contributed by atoms with van der Waals surface area (Å²) in [5, 5.41) is 52.8. The van der Waals surface area contributed by atoms with Gasteiger partial charge in [-0.1, -0.05) is 54.6 Å². The third kappa shape index (κ3) is 7.50. The molecule has 13 nitrogen and oxygen atoms in total. The van der Waals surface area contributed by atoms with Crippen LogP contribution in [0.3, 0.4) is 0 Å². The number of rotatable bonds is 10. The fourth-order valence-corrected chi connectivity index (χ4v) is 6.59. The van der Waals surface area contributed by atoms with Crippen molar-refractivity contribution in [3.63, 3.8) is 0 Å². The van der Waals surface area contributed by atoms with Gasteiger partial charge in [-0.05, 0) is 59.9 Å². The first kappa shape index (κ1) is 37.5. The zero-order chi connectivity index (χ0) is 38.1. The van der Waals surface area contributed by atoms with Gasteiger partial charge in [-0.15, -0.1) is 0 Å². The summed E-state index contributed by atoms with van der Waals surface area (Å²) in [6.45, 7) is 2.63. The molecule has 0 saturated carbocycles. The van der Waals surface area contributed by atoms with Crippen molar-refractivity contribution in [1.82, 2.24) is 0 Å². The van der Waals surface area contributed by atoms with Gasteiger partial charge in [-0.2, -0.15) is 0 Å². The summed E-state index contributed by atoms with van der Waals surface area (Å²) >= 11 is 0. The van der Waals surface area contributed by atoms with E-state index in [1.165, 1.54) is 32.0 Å². The van der Waals surface area contributed by atoms with E-state index in [4.69, 9.17) is 25.7 Å². The molecule has 0 aromatic heterocycles. The van der Waals surface area contributed by atoms with Crippen LogP contribution < -0.4 is 20.9 Å². The molecule has 1 aliphatic carbocycles. The molecule has 2 aliphatic rings. The first-order valence-corrected chi connectivity index (χ1v) is 17.0. The minimum atomic E-state index is -1.73. The molecule has 4 aromatic rings. The lowest BCUT2D eigenvalue weighted by Crippen LogP contribution is -2.58. The number of ketones is 2. The van der Waals surface area contributed by atoms with Crippen molar-refractivity contribution < 1.29 is 54.1 Å². The zero-order valence-corrected chi connectivity index (χ0v) is 28.9. The Bertz CT molecular complexity index is 2110. The highest BCUT2D eigenvalue weighted by Crippen LogP contribution is 2.44. The first-order chi connectivity index (χ1) is 25.3. The van der Waals surface area contributed by atoms with Crippen LogP contribution in [-0.2, 0) is 22.4 Å². The number of aliphatic hydroxyl groups is 4. The fraction of sp³-hybridized carbons (Fsp3) is 0.275. The van der Waals surface area contributed by atoms with Crippen LogP contribution in [0.1, 0.15) is 85.2 Å². The molecule has 1 aliphatic heterocycles. The monoisotopic (exact) mass is 724 g/mol. The van der Waals surface area contributed by atoms with Crippen LogP contribution in [-0.4, -0.2) is 80.4 Å². The number of phenols is 1. The van der Waals surface area contributed by atoms with Crippen molar-refractivity contribution in [2.75, 3.05) is 6.61 Å². The Morgan fingerprint density at radius 1 is 0.868 bits per heavy atom. The van der Waals surface area contributed by atoms with Gasteiger partial charge in [-0.3, -0.25) is 14.4 Å². The third-order valence-corrected chi connectivity index (χ3v) is 9.33. The largest absolute Gasteiger partial charge is 0.507 e. The van der Waals surface area contributed by atoms with E-state index in [0.717, 1.165) is 5.56 Å². The Morgan fingerprint density at radius 2 is 1.58 bits per heavy atom. The molecule has 0 spiro atoms. The average molecular weight is 725 g/mol. The highest BCUT2D eigenvalue weighted by molar-refractivity contribution is 6.31. The molecular formula is C40H40N2O11. The molecule has 0 amide bonds. The standard InChI is InChI=1S/C40H40N2O11/c1-19-33(45)37(49)38(50)40(51-19)53-30-18-28-32(35(47)27(30)17-23-7-4-8-24(16-23)39(41)42)34(46)26-11-12-29(52-20(2)44)25(31(26)36(28)48)10-9-21-5-3-6-22(15-21)13-14-43/h3-12,15-16,18-19,33,37-40,43,45,47,49-50H,13-14,17,41-42H2,1-2H3/t19-,33-,37-,38-,40-/m1/s1. The Morgan fingerprint density at radius 3 is 2.30 bits per heavy atom. The number of esters is 1. The van der Waals surface area contributed by atoms with Gasteiger partial charge in [0.15, 0.2) is 11.6 Å². The second-order valence-corrected chi connectivity index (χ2v) is 13.1. The van der Waals surface area contributed by atoms with Crippen LogP contribution in [0.25, 0.3) is 12.2 Å². The Kier molecular flexibility index (Phi) is 10.9. The zero-order valence-electron chi connectivity index (χ0n) is 28.9. The minimum Gasteiger partial charge on any atom is -0.507 e. The van der Waals surface area contributed by atoms with E-state index in [0.29, 0.717) is 23.1 Å². The van der Waals surface area contributed by atoms with Crippen molar-refractivity contribution in [2.24, 2.45) is 11.5 Å². The maximum absolute atomic E-state index is 14.6. The fourth-order valence-electron chi connectivity index (χ4n) is 6.59. The Labute approximate surface area is 304 Å². The van der Waals surface area contributed by atoms with E-state index < -0.39 is 60.2 Å². The summed E-state index contributed by atoms with van der Waals surface area (Å²) < 4.78 is 17.2. The third-order valence-electron chi connectivity index (χ3n) is 9.33. The number of fused-ring (bicyclic) bond motifs is 2. The second-order valence-electron chi connectivity index (χ2n) is 13.1. The number of nitrogens with two attached hydrogens (primary N) is 2. The normalized spacial score (nSPS) is 21.1. The molecule has 13 heteroatoms. The van der Waals surface area contributed by atoms with Gasteiger partial charge in [0, 0.05) is 47.8 Å². The average Bonchev–Trinajstić information content (AvgIpc) is 3.12.